The smallest absolute Gasteiger partial charge is 0.156 e. The van der Waals surface area contributed by atoms with Crippen molar-refractivity contribution in [3.63, 3.8) is 0 Å². The number of rotatable bonds is 1. The molecule has 0 bridgehead atoms. The Hall–Kier alpha value is -2.78. The van der Waals surface area contributed by atoms with E-state index in [2.05, 4.69) is 32.9 Å². The maximum atomic E-state index is 9.14. The van der Waals surface area contributed by atoms with Crippen LogP contribution in [0.4, 0.5) is 5.82 Å². The number of piperazine rings is 1. The average molecular weight is 304 g/mol. The van der Waals surface area contributed by atoms with Crippen LogP contribution in [0, 0.1) is 11.3 Å². The Labute approximate surface area is 134 Å². The number of anilines is 1. The first-order chi connectivity index (χ1) is 11.3. The van der Waals surface area contributed by atoms with Gasteiger partial charge < -0.3 is 9.80 Å². The second-order valence-electron chi connectivity index (χ2n) is 5.85. The van der Waals surface area contributed by atoms with Crippen molar-refractivity contribution in [2.24, 2.45) is 0 Å². The molecule has 3 heterocycles. The highest BCUT2D eigenvalue weighted by atomic mass is 15.3. The summed E-state index contributed by atoms with van der Waals surface area (Å²) >= 11 is 0. The minimum atomic E-state index is 0.622. The molecular formula is C17H16N6. The standard InChI is InChI=1S/C17H16N6/c1-22-4-6-23(7-5-22)17-16-14(10-19-11-20-16)13-8-12(9-18)2-3-15(13)21-17/h2-3,8,10-11H,4-7H2,1H3. The third kappa shape index (κ3) is 2.35. The second-order valence-corrected chi connectivity index (χ2v) is 5.85. The van der Waals surface area contributed by atoms with E-state index in [0.717, 1.165) is 53.8 Å². The van der Waals surface area contributed by atoms with Crippen LogP contribution >= 0.6 is 0 Å². The Bertz CT molecular complexity index is 921. The molecule has 3 aromatic rings. The zero-order chi connectivity index (χ0) is 15.8. The summed E-state index contributed by atoms with van der Waals surface area (Å²) in [5.74, 6) is 0.910. The Balaban J connectivity index is 1.95. The lowest BCUT2D eigenvalue weighted by atomic mass is 10.1. The fourth-order valence-corrected chi connectivity index (χ4v) is 3.03. The van der Waals surface area contributed by atoms with E-state index >= 15 is 0 Å². The number of nitrogens with zero attached hydrogens (tertiary/aromatic N) is 6. The molecule has 0 unspecified atom stereocenters. The molecule has 2 aromatic heterocycles. The van der Waals surface area contributed by atoms with Gasteiger partial charge >= 0.3 is 0 Å². The summed E-state index contributed by atoms with van der Waals surface area (Å²) in [6.07, 6.45) is 3.37. The first-order valence-corrected chi connectivity index (χ1v) is 7.63. The lowest BCUT2D eigenvalue weighted by Gasteiger charge is -2.33. The molecule has 0 amide bonds. The van der Waals surface area contributed by atoms with Crippen LogP contribution in [0.1, 0.15) is 5.56 Å². The summed E-state index contributed by atoms with van der Waals surface area (Å²) < 4.78 is 0. The molecule has 1 saturated heterocycles. The fraction of sp³-hybridized carbons (Fsp3) is 0.294. The molecule has 0 radical (unpaired) electrons. The lowest BCUT2D eigenvalue weighted by Crippen LogP contribution is -2.45. The molecule has 0 N–H and O–H groups in total. The van der Waals surface area contributed by atoms with Crippen LogP contribution in [0.25, 0.3) is 21.8 Å². The summed E-state index contributed by atoms with van der Waals surface area (Å²) in [6, 6.07) is 7.75. The highest BCUT2D eigenvalue weighted by molar-refractivity contribution is 6.08. The van der Waals surface area contributed by atoms with Crippen molar-refractivity contribution in [2.75, 3.05) is 38.1 Å². The minimum Gasteiger partial charge on any atom is -0.352 e. The van der Waals surface area contributed by atoms with Crippen LogP contribution in [0.5, 0.6) is 0 Å². The Morgan fingerprint density at radius 1 is 1.13 bits per heavy atom. The summed E-state index contributed by atoms with van der Waals surface area (Å²) in [5, 5.41) is 11.0. The second kappa shape index (κ2) is 5.45. The number of nitriles is 1. The van der Waals surface area contributed by atoms with Gasteiger partial charge in [-0.15, -0.1) is 0 Å². The van der Waals surface area contributed by atoms with Gasteiger partial charge in [-0.25, -0.2) is 15.0 Å². The van der Waals surface area contributed by atoms with E-state index in [1.807, 2.05) is 18.3 Å². The molecule has 1 aliphatic heterocycles. The van der Waals surface area contributed by atoms with Crippen molar-refractivity contribution in [2.45, 2.75) is 0 Å². The van der Waals surface area contributed by atoms with Gasteiger partial charge in [0.05, 0.1) is 17.1 Å². The quantitative estimate of drug-likeness (QED) is 0.639. The van der Waals surface area contributed by atoms with Gasteiger partial charge in [0.1, 0.15) is 11.8 Å². The Morgan fingerprint density at radius 3 is 2.74 bits per heavy atom. The highest BCUT2D eigenvalue weighted by Gasteiger charge is 2.20. The van der Waals surface area contributed by atoms with Crippen LogP contribution in [0.15, 0.2) is 30.7 Å². The van der Waals surface area contributed by atoms with E-state index in [1.54, 1.807) is 12.4 Å². The number of fused-ring (bicyclic) bond motifs is 3. The SMILES string of the molecule is CN1CCN(c2nc3ccc(C#N)cc3c3cncnc23)CC1. The predicted octanol–water partition coefficient (Wildman–Crippen LogP) is 1.80. The Morgan fingerprint density at radius 2 is 1.96 bits per heavy atom. The summed E-state index contributed by atoms with van der Waals surface area (Å²) in [7, 11) is 2.13. The van der Waals surface area contributed by atoms with E-state index < -0.39 is 0 Å². The lowest BCUT2D eigenvalue weighted by molar-refractivity contribution is 0.312. The monoisotopic (exact) mass is 304 g/mol. The number of hydrogen-bond acceptors (Lipinski definition) is 6. The number of likely N-dealkylation sites (N-methyl/N-ethyl adjacent to an activating group) is 1. The van der Waals surface area contributed by atoms with Gasteiger partial charge in [-0.2, -0.15) is 5.26 Å². The van der Waals surface area contributed by atoms with Gasteiger partial charge in [0.2, 0.25) is 0 Å². The zero-order valence-corrected chi connectivity index (χ0v) is 12.9. The number of benzene rings is 1. The molecule has 23 heavy (non-hydrogen) atoms. The van der Waals surface area contributed by atoms with Crippen molar-refractivity contribution >= 4 is 27.6 Å². The zero-order valence-electron chi connectivity index (χ0n) is 12.9. The van der Waals surface area contributed by atoms with Crippen molar-refractivity contribution in [1.29, 1.82) is 5.26 Å². The number of hydrogen-bond donors (Lipinski definition) is 0. The average Bonchev–Trinajstić information content (AvgIpc) is 2.61. The third-order valence-corrected chi connectivity index (χ3v) is 4.37. The minimum absolute atomic E-state index is 0.622. The molecule has 0 aliphatic carbocycles. The van der Waals surface area contributed by atoms with Crippen molar-refractivity contribution in [3.8, 4) is 6.07 Å². The molecule has 0 saturated carbocycles. The van der Waals surface area contributed by atoms with Crippen molar-refractivity contribution < 1.29 is 0 Å². The molecule has 6 nitrogen and oxygen atoms in total. The van der Waals surface area contributed by atoms with Crippen LogP contribution < -0.4 is 4.90 Å². The summed E-state index contributed by atoms with van der Waals surface area (Å²) in [6.45, 7) is 3.90. The Kier molecular flexibility index (Phi) is 3.28. The van der Waals surface area contributed by atoms with E-state index in [1.165, 1.54) is 0 Å². The van der Waals surface area contributed by atoms with Crippen LogP contribution in [0.3, 0.4) is 0 Å². The molecule has 0 spiro atoms. The van der Waals surface area contributed by atoms with E-state index in [-0.39, 0.29) is 0 Å². The molecule has 1 aromatic carbocycles. The first kappa shape index (κ1) is 13.9. The predicted molar refractivity (Wildman–Crippen MR) is 89.3 cm³/mol. The molecule has 1 fully saturated rings. The van der Waals surface area contributed by atoms with Crippen molar-refractivity contribution in [3.05, 3.63) is 36.3 Å². The van der Waals surface area contributed by atoms with Crippen LogP contribution in [-0.2, 0) is 0 Å². The molecule has 0 atom stereocenters. The topological polar surface area (TPSA) is 68.9 Å². The van der Waals surface area contributed by atoms with Gasteiger partial charge in [0.25, 0.3) is 0 Å². The maximum absolute atomic E-state index is 9.14. The highest BCUT2D eigenvalue weighted by Crippen LogP contribution is 2.30. The van der Waals surface area contributed by atoms with E-state index in [9.17, 15) is 0 Å². The van der Waals surface area contributed by atoms with Gasteiger partial charge in [-0.3, -0.25) is 0 Å². The van der Waals surface area contributed by atoms with Crippen LogP contribution in [-0.4, -0.2) is 53.1 Å². The van der Waals surface area contributed by atoms with E-state index in [0.29, 0.717) is 5.56 Å². The number of pyridine rings is 1. The van der Waals surface area contributed by atoms with E-state index in [4.69, 9.17) is 10.2 Å². The van der Waals surface area contributed by atoms with Gasteiger partial charge in [-0.1, -0.05) is 0 Å². The molecule has 4 rings (SSSR count). The fourth-order valence-electron chi connectivity index (χ4n) is 3.03. The summed E-state index contributed by atoms with van der Waals surface area (Å²) in [4.78, 5) is 18.1. The first-order valence-electron chi connectivity index (χ1n) is 7.63. The molecule has 1 aliphatic rings. The van der Waals surface area contributed by atoms with Crippen LogP contribution in [0.2, 0.25) is 0 Å². The van der Waals surface area contributed by atoms with Gasteiger partial charge in [-0.05, 0) is 25.2 Å². The summed E-state index contributed by atoms with van der Waals surface area (Å²) in [5.41, 5.74) is 2.35. The molecular weight excluding hydrogens is 288 g/mol. The largest absolute Gasteiger partial charge is 0.352 e. The third-order valence-electron chi connectivity index (χ3n) is 4.37. The van der Waals surface area contributed by atoms with Gasteiger partial charge in [0, 0.05) is 43.1 Å². The van der Waals surface area contributed by atoms with Crippen molar-refractivity contribution in [1.82, 2.24) is 19.9 Å². The molecule has 114 valence electrons. The van der Waals surface area contributed by atoms with Gasteiger partial charge in [0.15, 0.2) is 5.82 Å². The number of aromatic nitrogens is 3. The maximum Gasteiger partial charge on any atom is 0.156 e. The normalized spacial score (nSPS) is 15.9. The molecule has 6 heteroatoms.